The van der Waals surface area contributed by atoms with E-state index in [0.717, 1.165) is 12.1 Å². The van der Waals surface area contributed by atoms with Gasteiger partial charge in [-0.1, -0.05) is 0 Å². The molecule has 1 N–H and O–H groups in total. The summed E-state index contributed by atoms with van der Waals surface area (Å²) >= 11 is 0. The number of halogens is 3. The number of anilines is 2. The number of carbonyl (C=O) groups excluding carboxylic acids is 2. The number of methoxy groups -OCH3 is 1. The van der Waals surface area contributed by atoms with Gasteiger partial charge in [0.15, 0.2) is 5.69 Å². The number of fused-ring (bicyclic) bond motifs is 1. The summed E-state index contributed by atoms with van der Waals surface area (Å²) < 4.78 is 45.1. The summed E-state index contributed by atoms with van der Waals surface area (Å²) in [6, 6.07) is 7.15. The first-order chi connectivity index (χ1) is 15.2. The Morgan fingerprint density at radius 3 is 2.47 bits per heavy atom. The SMILES string of the molecule is COc1ccc(C(=O)Nc2cnn3c2C(=O)N(c2ccc(C(F)(F)F)cc2)C[C@@H]3C)cn1. The first-order valence-corrected chi connectivity index (χ1v) is 9.57. The van der Waals surface area contributed by atoms with Crippen LogP contribution in [-0.2, 0) is 6.18 Å². The van der Waals surface area contributed by atoms with Crippen LogP contribution in [0.25, 0.3) is 0 Å². The van der Waals surface area contributed by atoms with Crippen molar-refractivity contribution in [1.82, 2.24) is 14.8 Å². The van der Waals surface area contributed by atoms with E-state index < -0.39 is 23.6 Å². The molecule has 1 aromatic carbocycles. The molecular formula is C21H18F3N5O3. The third-order valence-electron chi connectivity index (χ3n) is 5.07. The molecule has 11 heteroatoms. The largest absolute Gasteiger partial charge is 0.481 e. The molecule has 0 fully saturated rings. The normalized spacial score (nSPS) is 16.0. The number of benzene rings is 1. The van der Waals surface area contributed by atoms with Gasteiger partial charge in [-0.2, -0.15) is 18.3 Å². The van der Waals surface area contributed by atoms with Gasteiger partial charge in [-0.25, -0.2) is 4.98 Å². The van der Waals surface area contributed by atoms with E-state index in [1.54, 1.807) is 0 Å². The third kappa shape index (κ3) is 3.88. The number of hydrogen-bond donors (Lipinski definition) is 1. The third-order valence-corrected chi connectivity index (χ3v) is 5.07. The van der Waals surface area contributed by atoms with Crippen molar-refractivity contribution in [3.63, 3.8) is 0 Å². The maximum absolute atomic E-state index is 13.2. The van der Waals surface area contributed by atoms with Crippen LogP contribution in [-0.4, -0.2) is 40.2 Å². The average molecular weight is 445 g/mol. The molecule has 1 aliphatic heterocycles. The van der Waals surface area contributed by atoms with Gasteiger partial charge in [0.05, 0.1) is 36.2 Å². The number of aromatic nitrogens is 3. The molecule has 2 amide bonds. The number of alkyl halides is 3. The summed E-state index contributed by atoms with van der Waals surface area (Å²) in [6.07, 6.45) is -1.76. The molecule has 0 saturated carbocycles. The highest BCUT2D eigenvalue weighted by Gasteiger charge is 2.35. The summed E-state index contributed by atoms with van der Waals surface area (Å²) in [5.74, 6) is -0.632. The number of pyridine rings is 1. The quantitative estimate of drug-likeness (QED) is 0.660. The van der Waals surface area contributed by atoms with Crippen LogP contribution in [0.3, 0.4) is 0 Å². The molecule has 0 aliphatic carbocycles. The number of rotatable bonds is 4. The zero-order valence-corrected chi connectivity index (χ0v) is 17.1. The van der Waals surface area contributed by atoms with Crippen LogP contribution >= 0.6 is 0 Å². The van der Waals surface area contributed by atoms with E-state index in [0.29, 0.717) is 11.6 Å². The number of carbonyl (C=O) groups is 2. The van der Waals surface area contributed by atoms with Crippen LogP contribution < -0.4 is 15.0 Å². The Balaban J connectivity index is 1.60. The summed E-state index contributed by atoms with van der Waals surface area (Å²) in [5, 5.41) is 6.86. The van der Waals surface area contributed by atoms with Crippen LogP contribution in [0.2, 0.25) is 0 Å². The Hall–Kier alpha value is -3.89. The van der Waals surface area contributed by atoms with Gasteiger partial charge < -0.3 is 15.0 Å². The number of nitrogens with one attached hydrogen (secondary N) is 1. The van der Waals surface area contributed by atoms with E-state index in [-0.39, 0.29) is 29.5 Å². The van der Waals surface area contributed by atoms with Crippen molar-refractivity contribution in [2.45, 2.75) is 19.1 Å². The van der Waals surface area contributed by atoms with Crippen LogP contribution in [0.5, 0.6) is 5.88 Å². The van der Waals surface area contributed by atoms with Gasteiger partial charge in [0, 0.05) is 24.5 Å². The lowest BCUT2D eigenvalue weighted by molar-refractivity contribution is -0.137. The lowest BCUT2D eigenvalue weighted by Crippen LogP contribution is -2.43. The monoisotopic (exact) mass is 445 g/mol. The zero-order chi connectivity index (χ0) is 23.0. The molecule has 0 saturated heterocycles. The van der Waals surface area contributed by atoms with E-state index in [1.807, 2.05) is 6.92 Å². The fourth-order valence-electron chi connectivity index (χ4n) is 3.44. The number of hydrogen-bond acceptors (Lipinski definition) is 5. The number of ether oxygens (including phenoxy) is 1. The zero-order valence-electron chi connectivity index (χ0n) is 17.1. The molecule has 4 rings (SSSR count). The Bertz CT molecular complexity index is 1160. The van der Waals surface area contributed by atoms with E-state index in [4.69, 9.17) is 4.74 Å². The molecule has 1 aliphatic rings. The van der Waals surface area contributed by atoms with Crippen molar-refractivity contribution in [2.24, 2.45) is 0 Å². The molecule has 0 unspecified atom stereocenters. The van der Waals surface area contributed by atoms with Crippen molar-refractivity contribution in [3.8, 4) is 5.88 Å². The smallest absolute Gasteiger partial charge is 0.416 e. The Kier molecular flexibility index (Phi) is 5.33. The van der Waals surface area contributed by atoms with Crippen molar-refractivity contribution in [2.75, 3.05) is 23.9 Å². The summed E-state index contributed by atoms with van der Waals surface area (Å²) in [6.45, 7) is 2.04. The number of amides is 2. The minimum Gasteiger partial charge on any atom is -0.481 e. The molecule has 1 atom stereocenters. The van der Waals surface area contributed by atoms with E-state index in [2.05, 4.69) is 15.4 Å². The fourth-order valence-corrected chi connectivity index (χ4v) is 3.44. The molecule has 0 radical (unpaired) electrons. The van der Waals surface area contributed by atoms with E-state index in [1.165, 1.54) is 53.4 Å². The van der Waals surface area contributed by atoms with Crippen molar-refractivity contribution in [3.05, 3.63) is 65.6 Å². The van der Waals surface area contributed by atoms with Crippen molar-refractivity contribution < 1.29 is 27.5 Å². The minimum atomic E-state index is -4.47. The molecule has 8 nitrogen and oxygen atoms in total. The lowest BCUT2D eigenvalue weighted by atomic mass is 10.1. The van der Waals surface area contributed by atoms with Crippen LogP contribution in [0.4, 0.5) is 24.5 Å². The fraction of sp³-hybridized carbons (Fsp3) is 0.238. The van der Waals surface area contributed by atoms with Crippen LogP contribution in [0, 0.1) is 0 Å². The molecule has 32 heavy (non-hydrogen) atoms. The second-order valence-corrected chi connectivity index (χ2v) is 7.20. The first-order valence-electron chi connectivity index (χ1n) is 9.57. The topological polar surface area (TPSA) is 89.3 Å². The highest BCUT2D eigenvalue weighted by molar-refractivity contribution is 6.13. The van der Waals surface area contributed by atoms with Gasteiger partial charge in [0.25, 0.3) is 11.8 Å². The van der Waals surface area contributed by atoms with E-state index >= 15 is 0 Å². The average Bonchev–Trinajstić information content (AvgIpc) is 3.20. The summed E-state index contributed by atoms with van der Waals surface area (Å²) in [7, 11) is 1.45. The number of nitrogens with zero attached hydrogens (tertiary/aromatic N) is 4. The van der Waals surface area contributed by atoms with Crippen LogP contribution in [0.1, 0.15) is 39.4 Å². The predicted octanol–water partition coefficient (Wildman–Crippen LogP) is 3.78. The van der Waals surface area contributed by atoms with Gasteiger partial charge in [-0.3, -0.25) is 14.3 Å². The molecular weight excluding hydrogens is 427 g/mol. The maximum Gasteiger partial charge on any atom is 0.416 e. The molecule has 3 aromatic rings. The van der Waals surface area contributed by atoms with E-state index in [9.17, 15) is 22.8 Å². The van der Waals surface area contributed by atoms with Crippen molar-refractivity contribution in [1.29, 1.82) is 0 Å². The first kappa shape index (κ1) is 21.3. The molecule has 166 valence electrons. The Morgan fingerprint density at radius 1 is 1.16 bits per heavy atom. The highest BCUT2D eigenvalue weighted by atomic mass is 19.4. The van der Waals surface area contributed by atoms with Crippen molar-refractivity contribution >= 4 is 23.2 Å². The predicted molar refractivity (Wildman–Crippen MR) is 109 cm³/mol. The summed E-state index contributed by atoms with van der Waals surface area (Å²) in [4.78, 5) is 31.1. The minimum absolute atomic E-state index is 0.137. The van der Waals surface area contributed by atoms with Gasteiger partial charge in [-0.05, 0) is 37.3 Å². The van der Waals surface area contributed by atoms with Gasteiger partial charge in [-0.15, -0.1) is 0 Å². The Morgan fingerprint density at radius 2 is 1.88 bits per heavy atom. The Labute approximate surface area is 180 Å². The van der Waals surface area contributed by atoms with Crippen LogP contribution in [0.15, 0.2) is 48.8 Å². The molecule has 0 spiro atoms. The maximum atomic E-state index is 13.2. The molecule has 2 aromatic heterocycles. The van der Waals surface area contributed by atoms with Gasteiger partial charge >= 0.3 is 6.18 Å². The highest BCUT2D eigenvalue weighted by Crippen LogP contribution is 2.33. The summed E-state index contributed by atoms with van der Waals surface area (Å²) in [5.41, 5.74) is 0.100. The standard InChI is InChI=1S/C21H18F3N5O3/c1-12-11-28(15-6-4-14(5-7-15)21(22,23)24)20(31)18-16(10-26-29(12)18)27-19(30)13-3-8-17(32-2)25-9-13/h3-10,12H,11H2,1-2H3,(H,27,30)/t12-/m0/s1. The van der Waals surface area contributed by atoms with Gasteiger partial charge in [0.2, 0.25) is 5.88 Å². The molecule has 3 heterocycles. The molecule has 0 bridgehead atoms. The second-order valence-electron chi connectivity index (χ2n) is 7.20. The van der Waals surface area contributed by atoms with Gasteiger partial charge in [0.1, 0.15) is 0 Å². The lowest BCUT2D eigenvalue weighted by Gasteiger charge is -2.32. The second kappa shape index (κ2) is 7.98.